The van der Waals surface area contributed by atoms with E-state index in [1.54, 1.807) is 12.1 Å². The highest BCUT2D eigenvalue weighted by molar-refractivity contribution is 5.82. The molecule has 1 aromatic heterocycles. The van der Waals surface area contributed by atoms with E-state index in [2.05, 4.69) is 10.3 Å². The van der Waals surface area contributed by atoms with Gasteiger partial charge in [0.1, 0.15) is 5.82 Å². The molecule has 1 N–H and O–H groups in total. The summed E-state index contributed by atoms with van der Waals surface area (Å²) in [5, 5.41) is 14.8. The van der Waals surface area contributed by atoms with Crippen molar-refractivity contribution < 1.29 is 9.66 Å². The minimum atomic E-state index is -0.394. The monoisotopic (exact) mass is 287 g/mol. The third-order valence-corrected chi connectivity index (χ3v) is 3.71. The highest BCUT2D eigenvalue weighted by Crippen LogP contribution is 2.21. The molecule has 0 aliphatic carbocycles. The number of nitrogens with one attached hydrogen (secondary N) is 1. The van der Waals surface area contributed by atoms with Crippen LogP contribution in [0.25, 0.3) is 10.9 Å². The largest absolute Gasteiger partial charge is 0.381 e. The maximum absolute atomic E-state index is 10.8. The Bertz CT molecular complexity index is 654. The molecular weight excluding hydrogens is 270 g/mol. The molecule has 1 aliphatic rings. The Morgan fingerprint density at radius 3 is 3.05 bits per heavy atom. The van der Waals surface area contributed by atoms with Gasteiger partial charge in [0.15, 0.2) is 0 Å². The van der Waals surface area contributed by atoms with E-state index in [0.717, 1.165) is 42.9 Å². The molecule has 1 aliphatic heterocycles. The van der Waals surface area contributed by atoms with Crippen LogP contribution in [-0.4, -0.2) is 29.7 Å². The van der Waals surface area contributed by atoms with Gasteiger partial charge >= 0.3 is 0 Å². The second kappa shape index (κ2) is 6.05. The Morgan fingerprint density at radius 1 is 1.38 bits per heavy atom. The van der Waals surface area contributed by atoms with Crippen LogP contribution >= 0.6 is 0 Å². The Balaban J connectivity index is 1.71. The van der Waals surface area contributed by atoms with Crippen LogP contribution in [0.4, 0.5) is 11.5 Å². The predicted octanol–water partition coefficient (Wildman–Crippen LogP) is 2.98. The number of ether oxygens (including phenoxy) is 1. The van der Waals surface area contributed by atoms with Gasteiger partial charge in [-0.05, 0) is 37.0 Å². The maximum Gasteiger partial charge on any atom is 0.270 e. The van der Waals surface area contributed by atoms with Crippen LogP contribution in [0.1, 0.15) is 12.8 Å². The van der Waals surface area contributed by atoms with Gasteiger partial charge in [-0.2, -0.15) is 0 Å². The first-order valence-electron chi connectivity index (χ1n) is 7.09. The topological polar surface area (TPSA) is 77.3 Å². The van der Waals surface area contributed by atoms with Crippen LogP contribution in [-0.2, 0) is 4.74 Å². The number of nitrogens with zero attached hydrogens (tertiary/aromatic N) is 2. The normalized spacial score (nSPS) is 18.6. The molecule has 0 bridgehead atoms. The van der Waals surface area contributed by atoms with Crippen molar-refractivity contribution in [2.75, 3.05) is 25.1 Å². The van der Waals surface area contributed by atoms with Crippen LogP contribution in [0.2, 0.25) is 0 Å². The van der Waals surface area contributed by atoms with Crippen molar-refractivity contribution in [3.63, 3.8) is 0 Å². The second-order valence-corrected chi connectivity index (χ2v) is 5.29. The quantitative estimate of drug-likeness (QED) is 0.691. The van der Waals surface area contributed by atoms with E-state index in [0.29, 0.717) is 5.92 Å². The summed E-state index contributed by atoms with van der Waals surface area (Å²) in [4.78, 5) is 14.8. The molecule has 1 saturated heterocycles. The summed E-state index contributed by atoms with van der Waals surface area (Å²) in [6, 6.07) is 8.42. The van der Waals surface area contributed by atoms with Gasteiger partial charge < -0.3 is 10.1 Å². The molecule has 6 heteroatoms. The van der Waals surface area contributed by atoms with E-state index in [1.165, 1.54) is 12.5 Å². The minimum absolute atomic E-state index is 0.0874. The van der Waals surface area contributed by atoms with Gasteiger partial charge in [0.25, 0.3) is 5.69 Å². The first kappa shape index (κ1) is 13.8. The highest BCUT2D eigenvalue weighted by Gasteiger charge is 2.14. The highest BCUT2D eigenvalue weighted by atomic mass is 16.6. The summed E-state index contributed by atoms with van der Waals surface area (Å²) < 4.78 is 5.45. The van der Waals surface area contributed by atoms with Gasteiger partial charge in [0.2, 0.25) is 0 Å². The number of rotatable bonds is 4. The lowest BCUT2D eigenvalue weighted by Crippen LogP contribution is -2.24. The number of hydrogen-bond donors (Lipinski definition) is 1. The molecule has 6 nitrogen and oxygen atoms in total. The number of fused-ring (bicyclic) bond motifs is 1. The summed E-state index contributed by atoms with van der Waals surface area (Å²) in [6.07, 6.45) is 2.29. The van der Waals surface area contributed by atoms with Crippen molar-refractivity contribution in [2.24, 2.45) is 5.92 Å². The average molecular weight is 287 g/mol. The van der Waals surface area contributed by atoms with Gasteiger partial charge in [-0.1, -0.05) is 0 Å². The van der Waals surface area contributed by atoms with Crippen molar-refractivity contribution in [1.82, 2.24) is 4.98 Å². The SMILES string of the molecule is O=[N+]([O-])c1ccc2nc(NCC3CCCOC3)ccc2c1. The molecule has 0 spiro atoms. The van der Waals surface area contributed by atoms with Gasteiger partial charge in [0.05, 0.1) is 17.0 Å². The molecule has 1 aromatic carbocycles. The molecule has 0 saturated carbocycles. The molecule has 110 valence electrons. The smallest absolute Gasteiger partial charge is 0.270 e. The van der Waals surface area contributed by atoms with E-state index in [9.17, 15) is 10.1 Å². The lowest BCUT2D eigenvalue weighted by atomic mass is 10.0. The summed E-state index contributed by atoms with van der Waals surface area (Å²) in [5.74, 6) is 1.31. The number of pyridine rings is 1. The van der Waals surface area contributed by atoms with Crippen molar-refractivity contribution in [2.45, 2.75) is 12.8 Å². The molecule has 1 atom stereocenters. The van der Waals surface area contributed by atoms with Crippen LogP contribution in [0.5, 0.6) is 0 Å². The zero-order valence-corrected chi connectivity index (χ0v) is 11.6. The minimum Gasteiger partial charge on any atom is -0.381 e. The van der Waals surface area contributed by atoms with Crippen molar-refractivity contribution in [1.29, 1.82) is 0 Å². The summed E-state index contributed by atoms with van der Waals surface area (Å²) >= 11 is 0. The van der Waals surface area contributed by atoms with Crippen LogP contribution in [0.15, 0.2) is 30.3 Å². The van der Waals surface area contributed by atoms with Crippen molar-refractivity contribution in [3.8, 4) is 0 Å². The zero-order chi connectivity index (χ0) is 14.7. The summed E-state index contributed by atoms with van der Waals surface area (Å²) in [6.45, 7) is 2.50. The van der Waals surface area contributed by atoms with E-state index >= 15 is 0 Å². The lowest BCUT2D eigenvalue weighted by Gasteiger charge is -2.22. The number of hydrogen-bond acceptors (Lipinski definition) is 5. The fraction of sp³-hybridized carbons (Fsp3) is 0.400. The van der Waals surface area contributed by atoms with E-state index in [1.807, 2.05) is 12.1 Å². The van der Waals surface area contributed by atoms with Gasteiger partial charge in [0, 0.05) is 30.7 Å². The van der Waals surface area contributed by atoms with E-state index in [4.69, 9.17) is 4.74 Å². The van der Waals surface area contributed by atoms with Crippen molar-refractivity contribution >= 4 is 22.4 Å². The summed E-state index contributed by atoms with van der Waals surface area (Å²) in [5.41, 5.74) is 0.842. The van der Waals surface area contributed by atoms with Crippen molar-refractivity contribution in [3.05, 3.63) is 40.4 Å². The first-order valence-corrected chi connectivity index (χ1v) is 7.09. The number of aromatic nitrogens is 1. The third-order valence-electron chi connectivity index (χ3n) is 3.71. The molecule has 3 rings (SSSR count). The molecule has 0 amide bonds. The lowest BCUT2D eigenvalue weighted by molar-refractivity contribution is -0.384. The molecule has 2 aromatic rings. The number of nitro benzene ring substituents is 1. The Kier molecular flexibility index (Phi) is 3.96. The maximum atomic E-state index is 10.8. The van der Waals surface area contributed by atoms with Gasteiger partial charge in [-0.3, -0.25) is 10.1 Å². The molecule has 2 heterocycles. The number of non-ortho nitro benzene ring substituents is 1. The second-order valence-electron chi connectivity index (χ2n) is 5.29. The first-order chi connectivity index (χ1) is 10.2. The van der Waals surface area contributed by atoms with Gasteiger partial charge in [-0.15, -0.1) is 0 Å². The number of anilines is 1. The Morgan fingerprint density at radius 2 is 2.29 bits per heavy atom. The molecular formula is C15H17N3O3. The summed E-state index contributed by atoms with van der Waals surface area (Å²) in [7, 11) is 0. The van der Waals surface area contributed by atoms with E-state index < -0.39 is 4.92 Å². The third kappa shape index (κ3) is 3.28. The Labute approximate surface area is 122 Å². The predicted molar refractivity (Wildman–Crippen MR) is 80.4 cm³/mol. The number of nitro groups is 1. The van der Waals surface area contributed by atoms with Crippen LogP contribution in [0.3, 0.4) is 0 Å². The molecule has 1 unspecified atom stereocenters. The standard InChI is InChI=1S/C15H17N3O3/c19-18(20)13-4-5-14-12(8-13)3-6-15(17-14)16-9-11-2-1-7-21-10-11/h3-6,8,11H,1-2,7,9-10H2,(H,16,17). The fourth-order valence-corrected chi connectivity index (χ4v) is 2.54. The molecule has 0 radical (unpaired) electrons. The van der Waals surface area contributed by atoms with Crippen LogP contribution < -0.4 is 5.32 Å². The van der Waals surface area contributed by atoms with E-state index in [-0.39, 0.29) is 5.69 Å². The fourth-order valence-electron chi connectivity index (χ4n) is 2.54. The number of benzene rings is 1. The van der Waals surface area contributed by atoms with Gasteiger partial charge in [-0.25, -0.2) is 4.98 Å². The van der Waals surface area contributed by atoms with Crippen LogP contribution in [0, 0.1) is 16.0 Å². The average Bonchev–Trinajstić information content (AvgIpc) is 2.53. The molecule has 1 fully saturated rings. The molecule has 21 heavy (non-hydrogen) atoms. The Hall–Kier alpha value is -2.21. The zero-order valence-electron chi connectivity index (χ0n) is 11.6.